The molecule has 4 nitrogen and oxygen atoms in total. The quantitative estimate of drug-likeness (QED) is 0.491. The van der Waals surface area contributed by atoms with Gasteiger partial charge < -0.3 is 5.21 Å². The molecule has 0 bridgehead atoms. The third-order valence-electron chi connectivity index (χ3n) is 0. The fraction of sp³-hybridized carbons (Fsp3) is 0. The van der Waals surface area contributed by atoms with Crippen molar-refractivity contribution in [2.45, 2.75) is 0 Å². The van der Waals surface area contributed by atoms with Gasteiger partial charge in [-0.05, 0) is 0 Å². The first kappa shape index (κ1) is 8.96. The summed E-state index contributed by atoms with van der Waals surface area (Å²) in [5.41, 5.74) is 0. The minimum Gasteiger partial charge on any atom is -0.328 e. The van der Waals surface area contributed by atoms with Gasteiger partial charge in [-0.15, -0.1) is 10.1 Å². The maximum absolute atomic E-state index is 8.36. The molecule has 5 heavy (non-hydrogen) atoms. The second-order valence-corrected chi connectivity index (χ2v) is 0.238. The molecule has 0 aromatic rings. The Hall–Kier alpha value is 0.213. The van der Waals surface area contributed by atoms with E-state index in [1.165, 1.54) is 0 Å². The van der Waals surface area contributed by atoms with E-state index in [0.29, 0.717) is 0 Å². The molecule has 29 valence electrons. The summed E-state index contributed by atoms with van der Waals surface area (Å²) < 4.78 is 0. The van der Waals surface area contributed by atoms with Crippen molar-refractivity contribution in [2.75, 3.05) is 0 Å². The summed E-state index contributed by atoms with van der Waals surface area (Å²) in [6, 6.07) is 0. The summed E-state index contributed by atoms with van der Waals surface area (Å²) in [7, 11) is 0. The van der Waals surface area contributed by atoms with Gasteiger partial charge in [-0.2, -0.15) is 0 Å². The largest absolute Gasteiger partial charge is 0.328 e. The van der Waals surface area contributed by atoms with E-state index < -0.39 is 5.09 Å². The smallest absolute Gasteiger partial charge is 0.291 e. The van der Waals surface area contributed by atoms with E-state index in [4.69, 9.17) is 15.3 Å². The molecule has 0 saturated carbocycles. The molecule has 0 aromatic carbocycles. The molecule has 1 radical (unpaired) electrons. The van der Waals surface area contributed by atoms with Crippen LogP contribution in [0.2, 0.25) is 0 Å². The zero-order chi connectivity index (χ0) is 3.58. The van der Waals surface area contributed by atoms with Gasteiger partial charge in [-0.25, -0.2) is 0 Å². The van der Waals surface area contributed by atoms with E-state index >= 15 is 0 Å². The number of hydrogen-bond acceptors (Lipinski definition) is 2. The van der Waals surface area contributed by atoms with Gasteiger partial charge in [0.05, 0.1) is 0 Å². The number of hydrogen-bond donors (Lipinski definition) is 1. The Kier molecular flexibility index (Phi) is 7.55. The maximum atomic E-state index is 8.36. The van der Waals surface area contributed by atoms with Crippen LogP contribution in [0.5, 0.6) is 0 Å². The first-order valence-corrected chi connectivity index (χ1v) is 0.565. The molecule has 0 aliphatic carbocycles. The average molecular weight is 302 g/mol. The van der Waals surface area contributed by atoms with Gasteiger partial charge in [0.2, 0.25) is 0 Å². The summed E-state index contributed by atoms with van der Waals surface area (Å²) in [5.74, 6) is 0. The molecular formula is HNNpO3. The molecule has 0 fully saturated rings. The van der Waals surface area contributed by atoms with Crippen LogP contribution < -0.4 is 0 Å². The van der Waals surface area contributed by atoms with Crippen molar-refractivity contribution in [2.24, 2.45) is 0 Å². The van der Waals surface area contributed by atoms with Gasteiger partial charge in [0, 0.05) is 29.9 Å². The van der Waals surface area contributed by atoms with Crippen molar-refractivity contribution >= 4 is 0 Å². The molecule has 0 amide bonds. The molecule has 5 heteroatoms. The first-order chi connectivity index (χ1) is 1.73. The Morgan fingerprint density at radius 3 is 1.80 bits per heavy atom. The molecule has 0 aromatic heterocycles. The van der Waals surface area contributed by atoms with Crippen molar-refractivity contribution in [3.8, 4) is 0 Å². The third kappa shape index (κ3) is 455. The standard InChI is InChI=1S/HNO3.Np/c2-1(3)4;/h(H,2,3,4);/i;1+2. The van der Waals surface area contributed by atoms with Crippen LogP contribution in [-0.4, -0.2) is 10.3 Å². The van der Waals surface area contributed by atoms with E-state index in [0.717, 1.165) is 0 Å². The molecule has 0 heterocycles. The van der Waals surface area contributed by atoms with Gasteiger partial charge in [-0.3, -0.25) is 0 Å². The van der Waals surface area contributed by atoms with Gasteiger partial charge in [0.25, 0.3) is 5.09 Å². The fourth-order valence-corrected chi connectivity index (χ4v) is 0. The second kappa shape index (κ2) is 4.21. The number of nitrogens with zero attached hydrogens (tertiary/aromatic N) is 1. The summed E-state index contributed by atoms with van der Waals surface area (Å²) >= 11 is 0. The number of rotatable bonds is 0. The molecule has 0 unspecified atom stereocenters. The van der Waals surface area contributed by atoms with Gasteiger partial charge in [0.1, 0.15) is 0 Å². The molecule has 0 spiro atoms. The maximum Gasteiger partial charge on any atom is 0.291 e. The van der Waals surface area contributed by atoms with Gasteiger partial charge in [-0.1, -0.05) is 0 Å². The third-order valence-corrected chi connectivity index (χ3v) is 0. The topological polar surface area (TPSA) is 63.4 Å². The van der Waals surface area contributed by atoms with Crippen LogP contribution in [0.25, 0.3) is 0 Å². The summed E-state index contributed by atoms with van der Waals surface area (Å²) in [6.45, 7) is 0. The van der Waals surface area contributed by atoms with E-state index in [2.05, 4.69) is 0 Å². The zero-order valence-electron chi connectivity index (χ0n) is 2.16. The summed E-state index contributed by atoms with van der Waals surface area (Å²) in [5, 5.41) is 13.6. The Morgan fingerprint density at radius 1 is 1.80 bits per heavy atom. The molecule has 0 rings (SSSR count). The van der Waals surface area contributed by atoms with Gasteiger partial charge >= 0.3 is 0 Å². The van der Waals surface area contributed by atoms with Crippen molar-refractivity contribution in [3.63, 3.8) is 0 Å². The van der Waals surface area contributed by atoms with Crippen molar-refractivity contribution < 1.29 is 40.2 Å². The fourth-order valence-electron chi connectivity index (χ4n) is 0. The van der Waals surface area contributed by atoms with E-state index in [1.807, 2.05) is 0 Å². The van der Waals surface area contributed by atoms with Crippen LogP contribution in [0.1, 0.15) is 0 Å². The van der Waals surface area contributed by atoms with Crippen molar-refractivity contribution in [1.82, 2.24) is 0 Å². The SMILES string of the molecule is O=[N+]([O-])O.[239Np]. The van der Waals surface area contributed by atoms with Crippen LogP contribution in [-0.2, 0) is 0 Å². The minimum absolute atomic E-state index is 0. The predicted molar refractivity (Wildman–Crippen MR) is 8.78 cm³/mol. The van der Waals surface area contributed by atoms with Crippen molar-refractivity contribution in [1.29, 1.82) is 0 Å². The minimum atomic E-state index is -1.50. The van der Waals surface area contributed by atoms with Crippen LogP contribution in [0.3, 0.4) is 0 Å². The Balaban J connectivity index is 0. The molecular weight excluding hydrogens is 301 g/mol. The summed E-state index contributed by atoms with van der Waals surface area (Å²) in [4.78, 5) is 8.36. The van der Waals surface area contributed by atoms with Crippen LogP contribution in [0.4, 0.5) is 0 Å². The van der Waals surface area contributed by atoms with E-state index in [9.17, 15) is 0 Å². The Bertz CT molecular complexity index is 29.9. The molecule has 0 aliphatic heterocycles. The normalized spacial score (nSPS) is 4.80. The van der Waals surface area contributed by atoms with Crippen LogP contribution in [0, 0.1) is 40.1 Å². The first-order valence-electron chi connectivity index (χ1n) is 0.565. The van der Waals surface area contributed by atoms with Crippen LogP contribution in [0.15, 0.2) is 0 Å². The Labute approximate surface area is 50.6 Å². The van der Waals surface area contributed by atoms with Crippen molar-refractivity contribution in [3.05, 3.63) is 10.1 Å². The predicted octanol–water partition coefficient (Wildman–Crippen LogP) is -0.348. The molecule has 0 atom stereocenters. The van der Waals surface area contributed by atoms with Gasteiger partial charge in [0.15, 0.2) is 0 Å². The zero-order valence-corrected chi connectivity index (χ0v) is 5.88. The molecule has 0 saturated heterocycles. The summed E-state index contributed by atoms with van der Waals surface area (Å²) in [6.07, 6.45) is 0. The van der Waals surface area contributed by atoms with E-state index in [-0.39, 0.29) is 29.9 Å². The molecule has 1 N–H and O–H groups in total. The molecule has 0 aliphatic rings. The monoisotopic (exact) mass is 302 g/mol. The average Bonchev–Trinajstić information content (AvgIpc) is 0.811. The Morgan fingerprint density at radius 2 is 1.80 bits per heavy atom. The second-order valence-electron chi connectivity index (χ2n) is 0.238. The van der Waals surface area contributed by atoms with E-state index in [1.54, 1.807) is 0 Å². The van der Waals surface area contributed by atoms with Crippen LogP contribution >= 0.6 is 0 Å².